The summed E-state index contributed by atoms with van der Waals surface area (Å²) in [6, 6.07) is 1.73. The second kappa shape index (κ2) is 5.05. The number of nitrogen functional groups attached to an aromatic ring is 1. The Morgan fingerprint density at radius 1 is 1.50 bits per heavy atom. The Balaban J connectivity index is 2.22. The molecule has 1 aromatic heterocycles. The van der Waals surface area contributed by atoms with Crippen LogP contribution in [0.2, 0.25) is 0 Å². The Morgan fingerprint density at radius 2 is 2.19 bits per heavy atom. The van der Waals surface area contributed by atoms with E-state index in [1.54, 1.807) is 12.3 Å². The van der Waals surface area contributed by atoms with Crippen LogP contribution in [0.15, 0.2) is 16.7 Å². The predicted octanol–water partition coefficient (Wildman–Crippen LogP) is 1.62. The molecule has 86 valence electrons. The number of pyridine rings is 1. The fourth-order valence-electron chi connectivity index (χ4n) is 1.56. The number of rotatable bonds is 1. The van der Waals surface area contributed by atoms with E-state index in [2.05, 4.69) is 20.9 Å². The summed E-state index contributed by atoms with van der Waals surface area (Å²) < 4.78 is 0.774. The number of nitrogens with zero attached hydrogens (tertiary/aromatic N) is 2. The van der Waals surface area contributed by atoms with Gasteiger partial charge in [-0.25, -0.2) is 4.98 Å². The lowest BCUT2D eigenvalue weighted by Gasteiger charge is -2.26. The fraction of sp³-hybridized carbons (Fsp3) is 0.400. The molecule has 6 heteroatoms. The van der Waals surface area contributed by atoms with Crippen LogP contribution in [-0.4, -0.2) is 40.4 Å². The van der Waals surface area contributed by atoms with E-state index in [-0.39, 0.29) is 5.91 Å². The maximum atomic E-state index is 12.1. The highest BCUT2D eigenvalue weighted by Crippen LogP contribution is 2.19. The Kier molecular flexibility index (Phi) is 3.70. The minimum atomic E-state index is -0.0217. The molecule has 2 N–H and O–H groups in total. The fourth-order valence-corrected chi connectivity index (χ4v) is 2.79. The average molecular weight is 302 g/mol. The summed E-state index contributed by atoms with van der Waals surface area (Å²) in [4.78, 5) is 18.0. The molecule has 0 spiro atoms. The van der Waals surface area contributed by atoms with E-state index in [9.17, 15) is 4.79 Å². The van der Waals surface area contributed by atoms with Crippen molar-refractivity contribution in [2.75, 3.05) is 30.3 Å². The molecule has 1 saturated heterocycles. The highest BCUT2D eigenvalue weighted by molar-refractivity contribution is 9.10. The monoisotopic (exact) mass is 301 g/mol. The highest BCUT2D eigenvalue weighted by atomic mass is 79.9. The third-order valence-corrected chi connectivity index (χ3v) is 3.79. The molecule has 1 amide bonds. The first kappa shape index (κ1) is 11.7. The Morgan fingerprint density at radius 3 is 2.88 bits per heavy atom. The third kappa shape index (κ3) is 2.49. The van der Waals surface area contributed by atoms with Crippen LogP contribution in [-0.2, 0) is 0 Å². The first-order valence-electron chi connectivity index (χ1n) is 4.96. The molecule has 0 bridgehead atoms. The molecule has 2 rings (SSSR count). The second-order valence-electron chi connectivity index (χ2n) is 3.49. The molecule has 1 fully saturated rings. The Bertz CT molecular complexity index is 407. The van der Waals surface area contributed by atoms with E-state index >= 15 is 0 Å². The van der Waals surface area contributed by atoms with Gasteiger partial charge in [-0.1, -0.05) is 0 Å². The van der Waals surface area contributed by atoms with Crippen LogP contribution in [0.4, 0.5) is 5.82 Å². The number of thioether (sulfide) groups is 1. The van der Waals surface area contributed by atoms with Gasteiger partial charge < -0.3 is 10.6 Å². The SMILES string of the molecule is Nc1ncc(Br)cc1C(=O)N1CCSCC1. The van der Waals surface area contributed by atoms with Gasteiger partial charge in [0.15, 0.2) is 0 Å². The van der Waals surface area contributed by atoms with E-state index in [0.717, 1.165) is 29.1 Å². The van der Waals surface area contributed by atoms with Gasteiger partial charge in [-0.3, -0.25) is 4.79 Å². The van der Waals surface area contributed by atoms with Crippen LogP contribution in [0.3, 0.4) is 0 Å². The highest BCUT2D eigenvalue weighted by Gasteiger charge is 2.20. The Hall–Kier alpha value is -0.750. The molecular formula is C10H12BrN3OS. The smallest absolute Gasteiger partial charge is 0.257 e. The van der Waals surface area contributed by atoms with Gasteiger partial charge in [0.1, 0.15) is 5.82 Å². The van der Waals surface area contributed by atoms with E-state index in [0.29, 0.717) is 11.4 Å². The van der Waals surface area contributed by atoms with Gasteiger partial charge in [0, 0.05) is 35.3 Å². The molecule has 16 heavy (non-hydrogen) atoms. The summed E-state index contributed by atoms with van der Waals surface area (Å²) in [6.45, 7) is 1.57. The lowest BCUT2D eigenvalue weighted by molar-refractivity contribution is 0.0773. The average Bonchev–Trinajstić information content (AvgIpc) is 2.32. The molecule has 0 aliphatic carbocycles. The molecule has 0 saturated carbocycles. The van der Waals surface area contributed by atoms with Gasteiger partial charge in [0.25, 0.3) is 5.91 Å². The predicted molar refractivity (Wildman–Crippen MR) is 69.6 cm³/mol. The topological polar surface area (TPSA) is 59.2 Å². The van der Waals surface area contributed by atoms with Crippen molar-refractivity contribution in [2.45, 2.75) is 0 Å². The number of halogens is 1. The van der Waals surface area contributed by atoms with Crippen LogP contribution in [0.1, 0.15) is 10.4 Å². The summed E-state index contributed by atoms with van der Waals surface area (Å²) in [5, 5.41) is 0. The summed E-state index contributed by atoms with van der Waals surface area (Å²) in [5.74, 6) is 2.26. The third-order valence-electron chi connectivity index (χ3n) is 2.41. The van der Waals surface area contributed by atoms with Gasteiger partial charge >= 0.3 is 0 Å². The van der Waals surface area contributed by atoms with Crippen molar-refractivity contribution in [1.29, 1.82) is 0 Å². The molecule has 1 aliphatic rings. The number of amides is 1. The van der Waals surface area contributed by atoms with Gasteiger partial charge in [0.2, 0.25) is 0 Å². The van der Waals surface area contributed by atoms with Crippen LogP contribution >= 0.6 is 27.7 Å². The summed E-state index contributed by atoms with van der Waals surface area (Å²) in [5.41, 5.74) is 6.20. The van der Waals surface area contributed by atoms with Crippen LogP contribution in [0.5, 0.6) is 0 Å². The first-order chi connectivity index (χ1) is 7.68. The van der Waals surface area contributed by atoms with Crippen LogP contribution in [0.25, 0.3) is 0 Å². The minimum absolute atomic E-state index is 0.0217. The molecule has 0 radical (unpaired) electrons. The quantitative estimate of drug-likeness (QED) is 0.856. The van der Waals surface area contributed by atoms with Crippen LogP contribution < -0.4 is 5.73 Å². The maximum absolute atomic E-state index is 12.1. The number of hydrogen-bond donors (Lipinski definition) is 1. The van der Waals surface area contributed by atoms with Crippen molar-refractivity contribution in [3.8, 4) is 0 Å². The lowest BCUT2D eigenvalue weighted by Crippen LogP contribution is -2.38. The van der Waals surface area contributed by atoms with E-state index < -0.39 is 0 Å². The molecule has 0 atom stereocenters. The van der Waals surface area contributed by atoms with E-state index in [4.69, 9.17) is 5.73 Å². The number of anilines is 1. The number of nitrogens with two attached hydrogens (primary N) is 1. The van der Waals surface area contributed by atoms with Crippen molar-refractivity contribution < 1.29 is 4.79 Å². The molecule has 1 aromatic rings. The van der Waals surface area contributed by atoms with Gasteiger partial charge in [0.05, 0.1) is 5.56 Å². The largest absolute Gasteiger partial charge is 0.383 e. The molecule has 0 unspecified atom stereocenters. The van der Waals surface area contributed by atoms with Crippen LogP contribution in [0, 0.1) is 0 Å². The number of carbonyl (C=O) groups excluding carboxylic acids is 1. The van der Waals surface area contributed by atoms with Crippen molar-refractivity contribution in [2.24, 2.45) is 0 Å². The Labute approximate surface area is 107 Å². The van der Waals surface area contributed by atoms with Crippen molar-refractivity contribution in [1.82, 2.24) is 9.88 Å². The lowest BCUT2D eigenvalue weighted by atomic mass is 10.2. The first-order valence-corrected chi connectivity index (χ1v) is 6.91. The molecule has 0 aromatic carbocycles. The summed E-state index contributed by atoms with van der Waals surface area (Å²) >= 11 is 5.16. The number of carbonyl (C=O) groups is 1. The summed E-state index contributed by atoms with van der Waals surface area (Å²) in [6.07, 6.45) is 1.60. The zero-order valence-electron chi connectivity index (χ0n) is 8.65. The molecule has 1 aliphatic heterocycles. The van der Waals surface area contributed by atoms with Gasteiger partial charge in [-0.15, -0.1) is 0 Å². The van der Waals surface area contributed by atoms with Crippen molar-refractivity contribution in [3.63, 3.8) is 0 Å². The molecule has 4 nitrogen and oxygen atoms in total. The normalized spacial score (nSPS) is 16.2. The molecule has 2 heterocycles. The second-order valence-corrected chi connectivity index (χ2v) is 5.63. The zero-order chi connectivity index (χ0) is 11.5. The summed E-state index contributed by atoms with van der Waals surface area (Å²) in [7, 11) is 0. The number of aromatic nitrogens is 1. The van der Waals surface area contributed by atoms with Crippen molar-refractivity contribution in [3.05, 3.63) is 22.3 Å². The number of hydrogen-bond acceptors (Lipinski definition) is 4. The zero-order valence-corrected chi connectivity index (χ0v) is 11.1. The van der Waals surface area contributed by atoms with Crippen molar-refractivity contribution >= 4 is 39.4 Å². The molecular weight excluding hydrogens is 290 g/mol. The van der Waals surface area contributed by atoms with Gasteiger partial charge in [-0.2, -0.15) is 11.8 Å². The standard InChI is InChI=1S/C10H12BrN3OS/c11-7-5-8(9(12)13-6-7)10(15)14-1-3-16-4-2-14/h5-6H,1-4H2,(H2,12,13). The van der Waals surface area contributed by atoms with Gasteiger partial charge in [-0.05, 0) is 22.0 Å². The minimum Gasteiger partial charge on any atom is -0.383 e. The maximum Gasteiger partial charge on any atom is 0.257 e. The van der Waals surface area contributed by atoms with E-state index in [1.807, 2.05) is 16.7 Å². The van der Waals surface area contributed by atoms with E-state index in [1.165, 1.54) is 0 Å².